The molecule has 7 nitrogen and oxygen atoms in total. The molecule has 1 aliphatic heterocycles. The second-order valence-corrected chi connectivity index (χ2v) is 8.64. The van der Waals surface area contributed by atoms with Gasteiger partial charge in [0.25, 0.3) is 0 Å². The molecule has 0 saturated carbocycles. The monoisotopic (exact) mass is 458 g/mol. The molecule has 34 heavy (non-hydrogen) atoms. The minimum absolute atomic E-state index is 0.104. The molecule has 0 radical (unpaired) electrons. The average molecular weight is 459 g/mol. The Hall–Kier alpha value is -3.81. The SMILES string of the molecule is CN1C[C@H](c2cc(-c3cccc([C@H](N)CO)c3)c3occc3c2)Oc2c(CC(=O)O)cccc21. The first kappa shape index (κ1) is 22.0. The van der Waals surface area contributed by atoms with E-state index in [4.69, 9.17) is 14.9 Å². The molecule has 4 N–H and O–H groups in total. The van der Waals surface area contributed by atoms with Gasteiger partial charge in [0.1, 0.15) is 17.4 Å². The van der Waals surface area contributed by atoms with Gasteiger partial charge in [-0.1, -0.05) is 30.3 Å². The van der Waals surface area contributed by atoms with Crippen molar-refractivity contribution in [2.24, 2.45) is 5.73 Å². The molecule has 0 saturated heterocycles. The molecule has 2 atom stereocenters. The highest BCUT2D eigenvalue weighted by Crippen LogP contribution is 2.42. The van der Waals surface area contributed by atoms with Gasteiger partial charge in [-0.25, -0.2) is 0 Å². The lowest BCUT2D eigenvalue weighted by atomic mass is 9.95. The summed E-state index contributed by atoms with van der Waals surface area (Å²) in [6.07, 6.45) is 1.26. The summed E-state index contributed by atoms with van der Waals surface area (Å²) in [5.41, 5.74) is 12.0. The van der Waals surface area contributed by atoms with Crippen LogP contribution in [0.2, 0.25) is 0 Å². The van der Waals surface area contributed by atoms with Crippen LogP contribution in [0.25, 0.3) is 22.1 Å². The van der Waals surface area contributed by atoms with E-state index in [9.17, 15) is 15.0 Å². The van der Waals surface area contributed by atoms with Crippen LogP contribution in [-0.2, 0) is 11.2 Å². The van der Waals surface area contributed by atoms with Crippen molar-refractivity contribution in [3.05, 3.63) is 83.6 Å². The van der Waals surface area contributed by atoms with Crippen molar-refractivity contribution in [1.82, 2.24) is 0 Å². The number of nitrogens with zero attached hydrogens (tertiary/aromatic N) is 1. The van der Waals surface area contributed by atoms with Gasteiger partial charge in [0, 0.05) is 23.6 Å². The lowest BCUT2D eigenvalue weighted by Gasteiger charge is -2.35. The van der Waals surface area contributed by atoms with E-state index in [1.54, 1.807) is 12.3 Å². The zero-order valence-corrected chi connectivity index (χ0v) is 18.8. The van der Waals surface area contributed by atoms with Crippen LogP contribution in [-0.4, -0.2) is 36.4 Å². The molecule has 2 heterocycles. The second-order valence-electron chi connectivity index (χ2n) is 8.64. The molecule has 1 aliphatic rings. The molecular weight excluding hydrogens is 432 g/mol. The van der Waals surface area contributed by atoms with Crippen LogP contribution in [0.3, 0.4) is 0 Å². The highest BCUT2D eigenvalue weighted by Gasteiger charge is 2.28. The van der Waals surface area contributed by atoms with Gasteiger partial charge in [-0.15, -0.1) is 0 Å². The summed E-state index contributed by atoms with van der Waals surface area (Å²) in [7, 11) is 1.98. The summed E-state index contributed by atoms with van der Waals surface area (Å²) in [5.74, 6) is -0.293. The third-order valence-corrected chi connectivity index (χ3v) is 6.30. The number of carboxylic acids is 1. The lowest BCUT2D eigenvalue weighted by molar-refractivity contribution is -0.136. The van der Waals surface area contributed by atoms with Crippen LogP contribution in [0.4, 0.5) is 5.69 Å². The number of nitrogens with two attached hydrogens (primary N) is 1. The van der Waals surface area contributed by atoms with Gasteiger partial charge in [-0.05, 0) is 47.0 Å². The molecule has 5 rings (SSSR count). The van der Waals surface area contributed by atoms with Crippen molar-refractivity contribution >= 4 is 22.6 Å². The van der Waals surface area contributed by atoms with E-state index in [0.29, 0.717) is 17.9 Å². The van der Waals surface area contributed by atoms with Gasteiger partial charge in [0.15, 0.2) is 0 Å². The fourth-order valence-corrected chi connectivity index (χ4v) is 4.56. The highest BCUT2D eigenvalue weighted by atomic mass is 16.5. The van der Waals surface area contributed by atoms with Crippen molar-refractivity contribution in [2.45, 2.75) is 18.6 Å². The van der Waals surface area contributed by atoms with Crippen LogP contribution < -0.4 is 15.4 Å². The zero-order valence-electron chi connectivity index (χ0n) is 18.8. The summed E-state index contributed by atoms with van der Waals surface area (Å²) < 4.78 is 12.2. The molecule has 174 valence electrons. The predicted molar refractivity (Wildman–Crippen MR) is 130 cm³/mol. The molecule has 0 bridgehead atoms. The fourth-order valence-electron chi connectivity index (χ4n) is 4.56. The molecular formula is C27H26N2O5. The van der Waals surface area contributed by atoms with E-state index in [0.717, 1.165) is 38.9 Å². The van der Waals surface area contributed by atoms with E-state index in [2.05, 4.69) is 17.0 Å². The van der Waals surface area contributed by atoms with E-state index in [1.165, 1.54) is 0 Å². The third kappa shape index (κ3) is 4.00. The normalized spacial score (nSPS) is 16.2. The Kier molecular flexibility index (Phi) is 5.73. The lowest BCUT2D eigenvalue weighted by Crippen LogP contribution is -2.32. The van der Waals surface area contributed by atoms with E-state index in [1.807, 2.05) is 49.5 Å². The number of ether oxygens (including phenoxy) is 1. The minimum Gasteiger partial charge on any atom is -0.481 e. The number of aliphatic carboxylic acids is 1. The molecule has 4 aromatic rings. The summed E-state index contributed by atoms with van der Waals surface area (Å²) in [6.45, 7) is 0.474. The Bertz CT molecular complexity index is 1360. The Labute approximate surface area is 197 Å². The van der Waals surface area contributed by atoms with Gasteiger partial charge in [-0.3, -0.25) is 4.79 Å². The van der Waals surface area contributed by atoms with Crippen LogP contribution in [0.5, 0.6) is 5.75 Å². The molecule has 0 spiro atoms. The number of fused-ring (bicyclic) bond motifs is 2. The van der Waals surface area contributed by atoms with Crippen molar-refractivity contribution in [3.63, 3.8) is 0 Å². The Morgan fingerprint density at radius 2 is 2.00 bits per heavy atom. The van der Waals surface area contributed by atoms with Crippen LogP contribution in [0.15, 0.2) is 71.3 Å². The van der Waals surface area contributed by atoms with E-state index < -0.39 is 12.0 Å². The first-order chi connectivity index (χ1) is 16.4. The van der Waals surface area contributed by atoms with Gasteiger partial charge < -0.3 is 30.0 Å². The minimum atomic E-state index is -0.898. The Morgan fingerprint density at radius 3 is 2.79 bits per heavy atom. The first-order valence-electron chi connectivity index (χ1n) is 11.1. The molecule has 0 fully saturated rings. The number of likely N-dealkylation sites (N-methyl/N-ethyl adjacent to an activating group) is 1. The summed E-state index contributed by atoms with van der Waals surface area (Å²) in [5, 5.41) is 19.8. The number of benzene rings is 3. The first-order valence-corrected chi connectivity index (χ1v) is 11.1. The largest absolute Gasteiger partial charge is 0.481 e. The number of anilines is 1. The molecule has 7 heteroatoms. The Balaban J connectivity index is 1.58. The number of aliphatic hydroxyl groups excluding tert-OH is 1. The zero-order chi connectivity index (χ0) is 23.8. The van der Waals surface area contributed by atoms with E-state index in [-0.39, 0.29) is 19.1 Å². The summed E-state index contributed by atoms with van der Waals surface area (Å²) in [4.78, 5) is 13.5. The predicted octanol–water partition coefficient (Wildman–Crippen LogP) is 4.29. The van der Waals surface area contributed by atoms with Crippen LogP contribution in [0, 0.1) is 0 Å². The maximum absolute atomic E-state index is 11.4. The molecule has 0 unspecified atom stereocenters. The number of rotatable bonds is 6. The maximum atomic E-state index is 11.4. The number of furan rings is 1. The van der Waals surface area contributed by atoms with Crippen molar-refractivity contribution in [1.29, 1.82) is 0 Å². The standard InChI is InChI=1S/C27H26N2O5/c1-29-14-24(34-27-18(13-25(31)32)6-3-7-23(27)29)20-11-19-8-9-33-26(19)21(12-20)16-4-2-5-17(10-16)22(28)15-30/h2-12,22,24,30H,13-15,28H2,1H3,(H,31,32)/t22-,24-/m1/s1. The van der Waals surface area contributed by atoms with Gasteiger partial charge in [0.2, 0.25) is 0 Å². The smallest absolute Gasteiger partial charge is 0.307 e. The molecule has 0 amide bonds. The van der Waals surface area contributed by atoms with E-state index >= 15 is 0 Å². The number of para-hydroxylation sites is 1. The number of aliphatic hydroxyl groups is 1. The molecule has 0 aliphatic carbocycles. The summed E-state index contributed by atoms with van der Waals surface area (Å²) in [6, 6.07) is 18.9. The molecule has 3 aromatic carbocycles. The fraction of sp³-hybridized carbons (Fsp3) is 0.222. The third-order valence-electron chi connectivity index (χ3n) is 6.30. The van der Waals surface area contributed by atoms with Gasteiger partial charge >= 0.3 is 5.97 Å². The number of hydrogen-bond acceptors (Lipinski definition) is 6. The highest BCUT2D eigenvalue weighted by molar-refractivity contribution is 5.93. The Morgan fingerprint density at radius 1 is 1.18 bits per heavy atom. The summed E-state index contributed by atoms with van der Waals surface area (Å²) >= 11 is 0. The topological polar surface area (TPSA) is 109 Å². The quantitative estimate of drug-likeness (QED) is 0.395. The second kappa shape index (κ2) is 8.85. The van der Waals surface area contributed by atoms with Crippen LogP contribution in [0.1, 0.15) is 28.8 Å². The number of hydrogen-bond donors (Lipinski definition) is 3. The van der Waals surface area contributed by atoms with Crippen LogP contribution >= 0.6 is 0 Å². The van der Waals surface area contributed by atoms with Gasteiger partial charge in [-0.2, -0.15) is 0 Å². The van der Waals surface area contributed by atoms with Gasteiger partial charge in [0.05, 0.1) is 37.6 Å². The average Bonchev–Trinajstić information content (AvgIpc) is 3.32. The van der Waals surface area contributed by atoms with Crippen molar-refractivity contribution < 1.29 is 24.2 Å². The number of carboxylic acid groups (broad SMARTS) is 1. The maximum Gasteiger partial charge on any atom is 0.307 e. The molecule has 1 aromatic heterocycles. The van der Waals surface area contributed by atoms with Crippen molar-refractivity contribution in [2.75, 3.05) is 25.1 Å². The number of carbonyl (C=O) groups is 1. The van der Waals surface area contributed by atoms with Crippen molar-refractivity contribution in [3.8, 4) is 16.9 Å².